The molecule has 0 atom stereocenters. The van der Waals surface area contributed by atoms with Crippen molar-refractivity contribution in [3.8, 4) is 17.4 Å². The van der Waals surface area contributed by atoms with Crippen molar-refractivity contribution < 1.29 is 14.3 Å². The minimum absolute atomic E-state index is 0.00795. The maximum absolute atomic E-state index is 12.7. The highest BCUT2D eigenvalue weighted by atomic mass is 16.5. The van der Waals surface area contributed by atoms with E-state index in [0.29, 0.717) is 19.0 Å². The summed E-state index contributed by atoms with van der Waals surface area (Å²) in [5, 5.41) is 3.08. The first-order valence-electron chi connectivity index (χ1n) is 12.0. The number of benzene rings is 2. The molecule has 178 valence electrons. The minimum Gasteiger partial charge on any atom is -0.494 e. The van der Waals surface area contributed by atoms with Crippen molar-refractivity contribution in [2.45, 2.75) is 39.7 Å². The van der Waals surface area contributed by atoms with E-state index in [9.17, 15) is 4.79 Å². The molecule has 1 saturated heterocycles. The number of rotatable bonds is 9. The molecule has 0 bridgehead atoms. The zero-order valence-corrected chi connectivity index (χ0v) is 19.9. The van der Waals surface area contributed by atoms with E-state index < -0.39 is 0 Å². The summed E-state index contributed by atoms with van der Waals surface area (Å²) in [6.45, 7) is 6.79. The third kappa shape index (κ3) is 6.25. The van der Waals surface area contributed by atoms with Crippen LogP contribution in [-0.2, 0) is 17.8 Å². The minimum atomic E-state index is 0.00795. The maximum Gasteiger partial charge on any atom is 0.224 e. The molecule has 34 heavy (non-hydrogen) atoms. The van der Waals surface area contributed by atoms with E-state index in [4.69, 9.17) is 9.47 Å². The van der Waals surface area contributed by atoms with Crippen LogP contribution in [-0.4, -0.2) is 35.6 Å². The van der Waals surface area contributed by atoms with Gasteiger partial charge >= 0.3 is 0 Å². The number of ether oxygens (including phenoxy) is 2. The Morgan fingerprint density at radius 3 is 2.32 bits per heavy atom. The van der Waals surface area contributed by atoms with Gasteiger partial charge in [0.2, 0.25) is 11.8 Å². The Morgan fingerprint density at radius 1 is 0.971 bits per heavy atom. The molecule has 1 amide bonds. The molecule has 0 unspecified atom stereocenters. The molecule has 1 fully saturated rings. The molecule has 0 saturated carbocycles. The van der Waals surface area contributed by atoms with Crippen LogP contribution in [0.5, 0.6) is 17.4 Å². The molecule has 0 spiro atoms. The van der Waals surface area contributed by atoms with E-state index in [-0.39, 0.29) is 11.8 Å². The van der Waals surface area contributed by atoms with Gasteiger partial charge in [-0.05, 0) is 61.6 Å². The predicted molar refractivity (Wildman–Crippen MR) is 132 cm³/mol. The highest BCUT2D eigenvalue weighted by Crippen LogP contribution is 2.26. The first-order valence-corrected chi connectivity index (χ1v) is 12.0. The number of carbonyl (C=O) groups excluding carboxylic acids is 1. The van der Waals surface area contributed by atoms with E-state index in [1.165, 1.54) is 11.9 Å². The van der Waals surface area contributed by atoms with Gasteiger partial charge < -0.3 is 19.7 Å². The topological polar surface area (TPSA) is 76.6 Å². The van der Waals surface area contributed by atoms with Gasteiger partial charge in [0.25, 0.3) is 0 Å². The lowest BCUT2D eigenvalue weighted by Gasteiger charge is -2.32. The van der Waals surface area contributed by atoms with Gasteiger partial charge in [-0.1, -0.05) is 31.2 Å². The number of nitrogens with one attached hydrogen (secondary N) is 1. The molecule has 3 aromatic rings. The molecule has 4 rings (SSSR count). The summed E-state index contributed by atoms with van der Waals surface area (Å²) in [7, 11) is 0. The second-order valence-electron chi connectivity index (χ2n) is 8.37. The number of hydrogen-bond donors (Lipinski definition) is 1. The van der Waals surface area contributed by atoms with Gasteiger partial charge in [0.05, 0.1) is 6.61 Å². The fourth-order valence-electron chi connectivity index (χ4n) is 4.05. The van der Waals surface area contributed by atoms with Gasteiger partial charge in [-0.2, -0.15) is 0 Å². The molecule has 1 aliphatic rings. The van der Waals surface area contributed by atoms with Crippen molar-refractivity contribution in [2.24, 2.45) is 5.92 Å². The van der Waals surface area contributed by atoms with Gasteiger partial charge in [0.15, 0.2) is 0 Å². The monoisotopic (exact) mass is 460 g/mol. The quantitative estimate of drug-likeness (QED) is 0.496. The Morgan fingerprint density at radius 2 is 1.65 bits per heavy atom. The van der Waals surface area contributed by atoms with Crippen molar-refractivity contribution in [1.29, 1.82) is 0 Å². The summed E-state index contributed by atoms with van der Waals surface area (Å²) in [6.07, 6.45) is 4.09. The van der Waals surface area contributed by atoms with E-state index in [1.807, 2.05) is 49.4 Å². The van der Waals surface area contributed by atoms with Gasteiger partial charge in [-0.25, -0.2) is 9.97 Å². The Bertz CT molecular complexity index is 1060. The SMILES string of the molecule is CCOc1ccc(CNC(=O)C2CCN(c3cc(Oc4ccc(CC)cc4)ncn3)CC2)cc1. The summed E-state index contributed by atoms with van der Waals surface area (Å²) >= 11 is 0. The Hall–Kier alpha value is -3.61. The van der Waals surface area contributed by atoms with Crippen molar-refractivity contribution in [3.63, 3.8) is 0 Å². The van der Waals surface area contributed by atoms with Crippen LogP contribution in [0.3, 0.4) is 0 Å². The van der Waals surface area contributed by atoms with Crippen LogP contribution in [0, 0.1) is 5.92 Å². The number of amides is 1. The molecule has 2 aromatic carbocycles. The molecular formula is C27H32N4O3. The lowest BCUT2D eigenvalue weighted by Crippen LogP contribution is -2.40. The van der Waals surface area contributed by atoms with Crippen molar-refractivity contribution >= 4 is 11.7 Å². The van der Waals surface area contributed by atoms with Crippen LogP contribution < -0.4 is 19.7 Å². The molecule has 7 heteroatoms. The van der Waals surface area contributed by atoms with E-state index in [0.717, 1.165) is 55.2 Å². The molecule has 1 aliphatic heterocycles. The van der Waals surface area contributed by atoms with Crippen molar-refractivity contribution in [3.05, 3.63) is 72.1 Å². The molecule has 1 aromatic heterocycles. The molecule has 0 radical (unpaired) electrons. The molecule has 1 N–H and O–H groups in total. The molecular weight excluding hydrogens is 428 g/mol. The van der Waals surface area contributed by atoms with E-state index in [2.05, 4.69) is 39.2 Å². The number of anilines is 1. The van der Waals surface area contributed by atoms with Crippen LogP contribution in [0.1, 0.15) is 37.8 Å². The zero-order chi connectivity index (χ0) is 23.8. The summed E-state index contributed by atoms with van der Waals surface area (Å²) in [5.74, 6) is 3.06. The van der Waals surface area contributed by atoms with Crippen molar-refractivity contribution in [2.75, 3.05) is 24.6 Å². The summed E-state index contributed by atoms with van der Waals surface area (Å²) in [4.78, 5) is 23.5. The first kappa shape index (κ1) is 23.5. The standard InChI is InChI=1S/C27H32N4O3/c1-3-20-5-11-24(12-6-20)34-26-17-25(29-19-30-26)31-15-13-22(14-16-31)27(32)28-18-21-7-9-23(10-8-21)33-4-2/h5-12,17,19,22H,3-4,13-16,18H2,1-2H3,(H,28,32). The number of nitrogens with zero attached hydrogens (tertiary/aromatic N) is 3. The Balaban J connectivity index is 1.26. The largest absolute Gasteiger partial charge is 0.494 e. The van der Waals surface area contributed by atoms with Crippen molar-refractivity contribution in [1.82, 2.24) is 15.3 Å². The third-order valence-electron chi connectivity index (χ3n) is 6.07. The fourth-order valence-corrected chi connectivity index (χ4v) is 4.05. The number of aromatic nitrogens is 2. The fraction of sp³-hybridized carbons (Fsp3) is 0.370. The normalized spacial score (nSPS) is 14.0. The van der Waals surface area contributed by atoms with Crippen LogP contribution in [0.25, 0.3) is 0 Å². The molecule has 7 nitrogen and oxygen atoms in total. The second-order valence-corrected chi connectivity index (χ2v) is 8.37. The third-order valence-corrected chi connectivity index (χ3v) is 6.07. The van der Waals surface area contributed by atoms with Gasteiger partial charge in [-0.15, -0.1) is 0 Å². The second kappa shape index (κ2) is 11.5. The van der Waals surface area contributed by atoms with Gasteiger partial charge in [0, 0.05) is 31.6 Å². The van der Waals surface area contributed by atoms with Gasteiger partial charge in [-0.3, -0.25) is 4.79 Å². The van der Waals surface area contributed by atoms with Crippen LogP contribution in [0.15, 0.2) is 60.9 Å². The number of aryl methyl sites for hydroxylation is 1. The van der Waals surface area contributed by atoms with Crippen LogP contribution in [0.4, 0.5) is 5.82 Å². The lowest BCUT2D eigenvalue weighted by atomic mass is 9.96. The number of carbonyl (C=O) groups is 1. The average Bonchev–Trinajstić information content (AvgIpc) is 2.89. The van der Waals surface area contributed by atoms with Gasteiger partial charge in [0.1, 0.15) is 23.6 Å². The lowest BCUT2D eigenvalue weighted by molar-refractivity contribution is -0.125. The zero-order valence-electron chi connectivity index (χ0n) is 19.9. The smallest absolute Gasteiger partial charge is 0.224 e. The Kier molecular flexibility index (Phi) is 7.96. The predicted octanol–water partition coefficient (Wildman–Crippen LogP) is 4.76. The van der Waals surface area contributed by atoms with E-state index >= 15 is 0 Å². The summed E-state index contributed by atoms with van der Waals surface area (Å²) in [6, 6.07) is 17.7. The average molecular weight is 461 g/mol. The number of hydrogen-bond acceptors (Lipinski definition) is 6. The van der Waals surface area contributed by atoms with Crippen LogP contribution >= 0.6 is 0 Å². The maximum atomic E-state index is 12.7. The number of piperidine rings is 1. The Labute approximate surface area is 201 Å². The van der Waals surface area contributed by atoms with Crippen LogP contribution in [0.2, 0.25) is 0 Å². The molecule has 2 heterocycles. The first-order chi connectivity index (χ1) is 16.6. The van der Waals surface area contributed by atoms with E-state index in [1.54, 1.807) is 0 Å². The summed E-state index contributed by atoms with van der Waals surface area (Å²) in [5.41, 5.74) is 2.33. The summed E-state index contributed by atoms with van der Waals surface area (Å²) < 4.78 is 11.4. The molecule has 0 aliphatic carbocycles. The highest BCUT2D eigenvalue weighted by Gasteiger charge is 2.25. The highest BCUT2D eigenvalue weighted by molar-refractivity contribution is 5.79.